The molecule has 0 aliphatic rings. The van der Waals surface area contributed by atoms with Gasteiger partial charge in [-0.1, -0.05) is 59.6 Å². The Kier molecular flexibility index (Phi) is 5.86. The molecule has 1 heterocycles. The van der Waals surface area contributed by atoms with Crippen LogP contribution in [-0.2, 0) is 13.1 Å². The second-order valence-electron chi connectivity index (χ2n) is 5.60. The molecule has 0 radical (unpaired) electrons. The van der Waals surface area contributed by atoms with E-state index < -0.39 is 0 Å². The Labute approximate surface area is 151 Å². The first kappa shape index (κ1) is 17.0. The molecule has 0 spiro atoms. The molecule has 1 aromatic heterocycles. The van der Waals surface area contributed by atoms with Gasteiger partial charge < -0.3 is 5.32 Å². The van der Waals surface area contributed by atoms with Crippen molar-refractivity contribution in [3.05, 3.63) is 82.4 Å². The molecule has 0 fully saturated rings. The molecule has 4 nitrogen and oxygen atoms in total. The van der Waals surface area contributed by atoms with Gasteiger partial charge in [0, 0.05) is 29.1 Å². The molecular weight excluding hydrogens is 343 g/mol. The largest absolute Gasteiger partial charge is 0.312 e. The number of rotatable bonds is 7. The van der Waals surface area contributed by atoms with Crippen LogP contribution in [0.15, 0.2) is 61.2 Å². The lowest BCUT2D eigenvalue weighted by Crippen LogP contribution is -2.25. The van der Waals surface area contributed by atoms with Gasteiger partial charge in [0.2, 0.25) is 0 Å². The van der Waals surface area contributed by atoms with Crippen molar-refractivity contribution in [1.29, 1.82) is 0 Å². The van der Waals surface area contributed by atoms with E-state index in [1.807, 2.05) is 35.0 Å². The zero-order valence-electron chi connectivity index (χ0n) is 13.1. The fraction of sp³-hybridized carbons (Fsp3) is 0.222. The topological polar surface area (TPSA) is 42.7 Å². The summed E-state index contributed by atoms with van der Waals surface area (Å²) in [5, 5.41) is 9.02. The predicted molar refractivity (Wildman–Crippen MR) is 97.4 cm³/mol. The van der Waals surface area contributed by atoms with Gasteiger partial charge in [0.05, 0.1) is 6.54 Å². The minimum Gasteiger partial charge on any atom is -0.312 e. The lowest BCUT2D eigenvalue weighted by Gasteiger charge is -2.19. The molecule has 0 aliphatic carbocycles. The van der Waals surface area contributed by atoms with Crippen LogP contribution in [0.5, 0.6) is 0 Å². The van der Waals surface area contributed by atoms with Crippen molar-refractivity contribution in [3.8, 4) is 0 Å². The van der Waals surface area contributed by atoms with Gasteiger partial charge in [-0.05, 0) is 23.3 Å². The van der Waals surface area contributed by atoms with E-state index in [1.165, 1.54) is 11.9 Å². The zero-order valence-corrected chi connectivity index (χ0v) is 14.6. The van der Waals surface area contributed by atoms with Crippen LogP contribution in [-0.4, -0.2) is 21.3 Å². The monoisotopic (exact) mass is 360 g/mol. The number of nitrogens with one attached hydrogen (secondary N) is 1. The van der Waals surface area contributed by atoms with E-state index in [0.717, 1.165) is 18.7 Å². The molecule has 1 N–H and O–H groups in total. The van der Waals surface area contributed by atoms with E-state index in [2.05, 4.69) is 27.5 Å². The highest BCUT2D eigenvalue weighted by Gasteiger charge is 2.16. The fourth-order valence-electron chi connectivity index (χ4n) is 2.64. The molecule has 0 saturated heterocycles. The smallest absolute Gasteiger partial charge is 0.137 e. The molecule has 1 unspecified atom stereocenters. The van der Waals surface area contributed by atoms with Gasteiger partial charge in [0.25, 0.3) is 0 Å². The summed E-state index contributed by atoms with van der Waals surface area (Å²) in [5.74, 6) is 0.167. The molecule has 0 aliphatic heterocycles. The van der Waals surface area contributed by atoms with Gasteiger partial charge in [-0.3, -0.25) is 4.68 Å². The Morgan fingerprint density at radius 1 is 1.08 bits per heavy atom. The summed E-state index contributed by atoms with van der Waals surface area (Å²) >= 11 is 12.4. The normalized spacial score (nSPS) is 12.2. The summed E-state index contributed by atoms with van der Waals surface area (Å²) in [6, 6.07) is 15.9. The Balaban J connectivity index is 1.72. The lowest BCUT2D eigenvalue weighted by atomic mass is 9.98. The molecule has 0 amide bonds. The quantitative estimate of drug-likeness (QED) is 0.687. The van der Waals surface area contributed by atoms with E-state index in [-0.39, 0.29) is 5.92 Å². The second kappa shape index (κ2) is 8.29. The Morgan fingerprint density at radius 3 is 2.62 bits per heavy atom. The minimum absolute atomic E-state index is 0.167. The van der Waals surface area contributed by atoms with Gasteiger partial charge >= 0.3 is 0 Å². The number of nitrogens with zero attached hydrogens (tertiary/aromatic N) is 3. The van der Waals surface area contributed by atoms with Gasteiger partial charge in [0.1, 0.15) is 12.7 Å². The third-order valence-corrected chi connectivity index (χ3v) is 4.40. The van der Waals surface area contributed by atoms with Gasteiger partial charge in [-0.15, -0.1) is 0 Å². The number of hydrogen-bond donors (Lipinski definition) is 1. The van der Waals surface area contributed by atoms with Crippen LogP contribution in [0.3, 0.4) is 0 Å². The predicted octanol–water partition coefficient (Wildman–Crippen LogP) is 4.16. The van der Waals surface area contributed by atoms with E-state index in [4.69, 9.17) is 23.2 Å². The van der Waals surface area contributed by atoms with Crippen molar-refractivity contribution >= 4 is 23.2 Å². The van der Waals surface area contributed by atoms with Crippen molar-refractivity contribution in [2.45, 2.75) is 19.0 Å². The summed E-state index contributed by atoms with van der Waals surface area (Å²) in [5.41, 5.74) is 2.30. The van der Waals surface area contributed by atoms with Crippen molar-refractivity contribution in [1.82, 2.24) is 20.1 Å². The van der Waals surface area contributed by atoms with E-state index in [0.29, 0.717) is 16.6 Å². The summed E-state index contributed by atoms with van der Waals surface area (Å²) in [7, 11) is 0. The lowest BCUT2D eigenvalue weighted by molar-refractivity contribution is 0.481. The summed E-state index contributed by atoms with van der Waals surface area (Å²) in [6.07, 6.45) is 3.26. The molecule has 1 atom stereocenters. The number of halogens is 2. The molecule has 0 bridgehead atoms. The zero-order chi connectivity index (χ0) is 16.8. The first-order valence-corrected chi connectivity index (χ1v) is 8.50. The van der Waals surface area contributed by atoms with Crippen LogP contribution in [0.25, 0.3) is 0 Å². The summed E-state index contributed by atoms with van der Waals surface area (Å²) in [6.45, 7) is 2.28. The van der Waals surface area contributed by atoms with E-state index in [1.54, 1.807) is 12.4 Å². The Hall–Kier alpha value is -1.88. The maximum Gasteiger partial charge on any atom is 0.137 e. The minimum atomic E-state index is 0.167. The number of benzene rings is 2. The van der Waals surface area contributed by atoms with Gasteiger partial charge in [-0.25, -0.2) is 4.98 Å². The average molecular weight is 361 g/mol. The van der Waals surface area contributed by atoms with Gasteiger partial charge in [-0.2, -0.15) is 5.10 Å². The maximum absolute atomic E-state index is 6.40. The molecular formula is C18H18Cl2N4. The first-order valence-electron chi connectivity index (χ1n) is 7.74. The molecule has 3 rings (SSSR count). The molecule has 0 saturated carbocycles. The number of hydrogen-bond acceptors (Lipinski definition) is 3. The number of aromatic nitrogens is 3. The molecule has 124 valence electrons. The maximum atomic E-state index is 6.40. The van der Waals surface area contributed by atoms with Crippen molar-refractivity contribution in [2.24, 2.45) is 0 Å². The van der Waals surface area contributed by atoms with Crippen molar-refractivity contribution in [3.63, 3.8) is 0 Å². The summed E-state index contributed by atoms with van der Waals surface area (Å²) < 4.78 is 1.82. The van der Waals surface area contributed by atoms with Crippen LogP contribution in [0.2, 0.25) is 10.0 Å². The van der Waals surface area contributed by atoms with E-state index >= 15 is 0 Å². The Morgan fingerprint density at radius 2 is 1.92 bits per heavy atom. The third kappa shape index (κ3) is 4.57. The van der Waals surface area contributed by atoms with Crippen molar-refractivity contribution in [2.75, 3.05) is 6.54 Å². The van der Waals surface area contributed by atoms with E-state index in [9.17, 15) is 0 Å². The van der Waals surface area contributed by atoms with Crippen LogP contribution in [0.4, 0.5) is 0 Å². The highest BCUT2D eigenvalue weighted by molar-refractivity contribution is 6.35. The van der Waals surface area contributed by atoms with Crippen molar-refractivity contribution < 1.29 is 0 Å². The second-order valence-corrected chi connectivity index (χ2v) is 6.44. The molecule has 3 aromatic rings. The van der Waals surface area contributed by atoms with Crippen LogP contribution in [0, 0.1) is 0 Å². The van der Waals surface area contributed by atoms with Gasteiger partial charge in [0.15, 0.2) is 0 Å². The molecule has 2 aromatic carbocycles. The van der Waals surface area contributed by atoms with Crippen LogP contribution >= 0.6 is 23.2 Å². The summed E-state index contributed by atoms with van der Waals surface area (Å²) in [4.78, 5) is 4.01. The SMILES string of the molecule is Clc1ccc(C(CNCc2ccccc2)Cn2cncn2)c(Cl)c1. The average Bonchev–Trinajstić information content (AvgIpc) is 3.08. The highest BCUT2D eigenvalue weighted by atomic mass is 35.5. The fourth-order valence-corrected chi connectivity index (χ4v) is 3.21. The highest BCUT2D eigenvalue weighted by Crippen LogP contribution is 2.28. The standard InChI is InChI=1S/C18H18Cl2N4/c19-16-6-7-17(18(20)8-16)15(11-24-13-22-12-23-24)10-21-9-14-4-2-1-3-5-14/h1-8,12-13,15,21H,9-11H2. The molecule has 6 heteroatoms. The van der Waals surface area contributed by atoms with Crippen LogP contribution in [0.1, 0.15) is 17.0 Å². The Bertz CT molecular complexity index is 760. The molecule has 24 heavy (non-hydrogen) atoms. The first-order chi connectivity index (χ1) is 11.7. The third-order valence-electron chi connectivity index (χ3n) is 3.84. The van der Waals surface area contributed by atoms with Crippen LogP contribution < -0.4 is 5.32 Å².